The fourth-order valence-corrected chi connectivity index (χ4v) is 3.78. The number of ether oxygens (including phenoxy) is 3. The highest BCUT2D eigenvalue weighted by Gasteiger charge is 2.27. The summed E-state index contributed by atoms with van der Waals surface area (Å²) in [6.45, 7) is 7.07. The molecule has 3 amide bonds. The second-order valence-electron chi connectivity index (χ2n) is 10.4. The average molecular weight is 610 g/mol. The van der Waals surface area contributed by atoms with E-state index in [1.54, 1.807) is 57.2 Å². The van der Waals surface area contributed by atoms with Crippen molar-refractivity contribution in [3.8, 4) is 5.75 Å². The summed E-state index contributed by atoms with van der Waals surface area (Å²) in [6.07, 6.45) is 0.931. The van der Waals surface area contributed by atoms with Gasteiger partial charge in [-0.25, -0.2) is 9.59 Å². The first-order valence-electron chi connectivity index (χ1n) is 14.0. The normalized spacial score (nSPS) is 12.1. The molecule has 0 heterocycles. The van der Waals surface area contributed by atoms with Crippen LogP contribution in [0.3, 0.4) is 0 Å². The van der Waals surface area contributed by atoms with E-state index < -0.39 is 35.9 Å². The van der Waals surface area contributed by atoms with Crippen LogP contribution in [0.15, 0.2) is 60.7 Å². The van der Waals surface area contributed by atoms with Gasteiger partial charge in [0.1, 0.15) is 12.4 Å². The van der Waals surface area contributed by atoms with Gasteiger partial charge in [0.25, 0.3) is 0 Å². The van der Waals surface area contributed by atoms with E-state index in [-0.39, 0.29) is 43.6 Å². The van der Waals surface area contributed by atoms with Crippen molar-refractivity contribution in [3.05, 3.63) is 71.8 Å². The number of amides is 3. The fourth-order valence-electron chi connectivity index (χ4n) is 3.78. The van der Waals surface area contributed by atoms with Crippen LogP contribution in [0.5, 0.6) is 5.75 Å². The van der Waals surface area contributed by atoms with Crippen molar-refractivity contribution in [2.75, 3.05) is 19.0 Å². The molecule has 2 atom stereocenters. The molecule has 0 fully saturated rings. The molecule has 2 rings (SSSR count). The summed E-state index contributed by atoms with van der Waals surface area (Å²) in [4.78, 5) is 72.8. The molecule has 0 bridgehead atoms. The number of aryl methyl sites for hydroxylation is 1. The van der Waals surface area contributed by atoms with Crippen LogP contribution in [0.1, 0.15) is 44.7 Å². The fraction of sp³-hybridized carbons (Fsp3) is 0.375. The molecule has 0 saturated heterocycles. The van der Waals surface area contributed by atoms with Crippen LogP contribution < -0.4 is 20.7 Å². The number of ketones is 1. The number of rotatable bonds is 15. The number of Topliss-reactive ketones (excluding diaryl/α,β-unsaturated/α-hetero) is 1. The Morgan fingerprint density at radius 1 is 0.886 bits per heavy atom. The van der Waals surface area contributed by atoms with Gasteiger partial charge in [-0.05, 0) is 42.7 Å². The summed E-state index contributed by atoms with van der Waals surface area (Å²) in [5.41, 5.74) is 2.21. The van der Waals surface area contributed by atoms with Crippen molar-refractivity contribution in [2.24, 2.45) is 11.8 Å². The van der Waals surface area contributed by atoms with Crippen LogP contribution in [0.4, 0.5) is 10.5 Å². The molecule has 0 unspecified atom stereocenters. The smallest absolute Gasteiger partial charge is 0.466 e. The number of hydrogen-bond donors (Lipinski definition) is 3. The van der Waals surface area contributed by atoms with Crippen molar-refractivity contribution in [3.63, 3.8) is 0 Å². The third kappa shape index (κ3) is 12.9. The molecule has 0 aliphatic carbocycles. The van der Waals surface area contributed by atoms with E-state index in [0.717, 1.165) is 17.7 Å². The topological polar surface area (TPSA) is 166 Å². The standard InChI is InChI=1S/C32H39N3O9/c1-20(2)30(35-28(38)16-17-33-27(37)14-15-29(39)42-5)26(36)18-22(4)31(40)34-24-10-8-23(9-11-24)19-43-32(41)44-25-12-6-21(3)7-13-25/h6-15,20,22,30H,16-19H2,1-5H3,(H,33,37)(H,34,40)(H,35,38)/b15-14-/t22-,30+/m1/s1. The van der Waals surface area contributed by atoms with E-state index >= 15 is 0 Å². The minimum Gasteiger partial charge on any atom is -0.466 e. The van der Waals surface area contributed by atoms with Crippen LogP contribution in [0, 0.1) is 18.8 Å². The number of esters is 1. The van der Waals surface area contributed by atoms with E-state index in [4.69, 9.17) is 9.47 Å². The van der Waals surface area contributed by atoms with E-state index in [1.165, 1.54) is 7.11 Å². The highest BCUT2D eigenvalue weighted by molar-refractivity contribution is 5.97. The van der Waals surface area contributed by atoms with Gasteiger partial charge in [0.15, 0.2) is 5.78 Å². The maximum Gasteiger partial charge on any atom is 0.514 e. The molecular formula is C32H39N3O9. The molecular weight excluding hydrogens is 570 g/mol. The molecule has 2 aromatic carbocycles. The van der Waals surface area contributed by atoms with Gasteiger partial charge in [0, 0.05) is 43.1 Å². The van der Waals surface area contributed by atoms with Crippen molar-refractivity contribution in [1.82, 2.24) is 10.6 Å². The number of nitrogens with one attached hydrogen (secondary N) is 3. The second-order valence-corrected chi connectivity index (χ2v) is 10.4. The summed E-state index contributed by atoms with van der Waals surface area (Å²) < 4.78 is 14.7. The molecule has 44 heavy (non-hydrogen) atoms. The van der Waals surface area contributed by atoms with Gasteiger partial charge in [0.2, 0.25) is 17.7 Å². The van der Waals surface area contributed by atoms with E-state index in [2.05, 4.69) is 20.7 Å². The Labute approximate surface area is 256 Å². The Morgan fingerprint density at radius 3 is 2.16 bits per heavy atom. The Morgan fingerprint density at radius 2 is 1.55 bits per heavy atom. The molecule has 12 nitrogen and oxygen atoms in total. The summed E-state index contributed by atoms with van der Waals surface area (Å²) in [6, 6.07) is 12.8. The van der Waals surface area contributed by atoms with Gasteiger partial charge >= 0.3 is 12.1 Å². The molecule has 0 aromatic heterocycles. The van der Waals surface area contributed by atoms with E-state index in [9.17, 15) is 28.8 Å². The number of hydrogen-bond acceptors (Lipinski definition) is 9. The maximum atomic E-state index is 13.0. The molecule has 236 valence electrons. The zero-order valence-electron chi connectivity index (χ0n) is 25.5. The van der Waals surface area contributed by atoms with Crippen molar-refractivity contribution in [1.29, 1.82) is 0 Å². The first-order chi connectivity index (χ1) is 20.9. The predicted molar refractivity (Wildman–Crippen MR) is 161 cm³/mol. The van der Waals surface area contributed by atoms with Crippen LogP contribution >= 0.6 is 0 Å². The largest absolute Gasteiger partial charge is 0.514 e. The molecule has 3 N–H and O–H groups in total. The van der Waals surface area contributed by atoms with Gasteiger partial charge in [-0.1, -0.05) is 50.6 Å². The van der Waals surface area contributed by atoms with Gasteiger partial charge in [0.05, 0.1) is 13.2 Å². The number of carbonyl (C=O) groups is 6. The highest BCUT2D eigenvalue weighted by Crippen LogP contribution is 2.16. The average Bonchev–Trinajstić information content (AvgIpc) is 2.99. The lowest BCUT2D eigenvalue weighted by atomic mass is 9.92. The number of benzene rings is 2. The summed E-state index contributed by atoms with van der Waals surface area (Å²) in [5, 5.41) is 7.90. The zero-order valence-corrected chi connectivity index (χ0v) is 25.5. The van der Waals surface area contributed by atoms with Crippen molar-refractivity contribution >= 4 is 41.3 Å². The lowest BCUT2D eigenvalue weighted by molar-refractivity contribution is -0.135. The molecule has 0 aliphatic rings. The monoisotopic (exact) mass is 609 g/mol. The highest BCUT2D eigenvalue weighted by atomic mass is 16.7. The molecule has 0 spiro atoms. The first-order valence-corrected chi connectivity index (χ1v) is 14.0. The molecule has 0 radical (unpaired) electrons. The second kappa shape index (κ2) is 17.8. The lowest BCUT2D eigenvalue weighted by Gasteiger charge is -2.23. The molecule has 12 heteroatoms. The van der Waals surface area contributed by atoms with E-state index in [1.807, 2.05) is 19.1 Å². The van der Waals surface area contributed by atoms with Crippen molar-refractivity contribution < 1.29 is 43.0 Å². The molecule has 0 saturated carbocycles. The zero-order chi connectivity index (χ0) is 32.6. The first kappa shape index (κ1) is 35.2. The minimum atomic E-state index is -0.836. The summed E-state index contributed by atoms with van der Waals surface area (Å²) in [7, 11) is 1.18. The van der Waals surface area contributed by atoms with Crippen LogP contribution in [-0.2, 0) is 40.1 Å². The van der Waals surface area contributed by atoms with Crippen LogP contribution in [0.25, 0.3) is 0 Å². The number of anilines is 1. The van der Waals surface area contributed by atoms with Gasteiger partial charge < -0.3 is 30.2 Å². The Kier molecular flexibility index (Phi) is 14.3. The lowest BCUT2D eigenvalue weighted by Crippen LogP contribution is -2.46. The Balaban J connectivity index is 1.79. The number of carbonyl (C=O) groups excluding carboxylic acids is 6. The van der Waals surface area contributed by atoms with E-state index in [0.29, 0.717) is 17.0 Å². The quantitative estimate of drug-likeness (QED) is 0.155. The van der Waals surface area contributed by atoms with Crippen LogP contribution in [-0.4, -0.2) is 55.3 Å². The third-order valence-electron chi connectivity index (χ3n) is 6.31. The Hall–Kier alpha value is -5.00. The summed E-state index contributed by atoms with van der Waals surface area (Å²) >= 11 is 0. The molecule has 2 aromatic rings. The van der Waals surface area contributed by atoms with Gasteiger partial charge in [-0.2, -0.15) is 0 Å². The Bertz CT molecular complexity index is 1340. The summed E-state index contributed by atoms with van der Waals surface area (Å²) in [5.74, 6) is -2.91. The van der Waals surface area contributed by atoms with Gasteiger partial charge in [-0.15, -0.1) is 0 Å². The third-order valence-corrected chi connectivity index (χ3v) is 6.31. The predicted octanol–water partition coefficient (Wildman–Crippen LogP) is 3.62. The van der Waals surface area contributed by atoms with Gasteiger partial charge in [-0.3, -0.25) is 19.2 Å². The minimum absolute atomic E-state index is 0.00355. The van der Waals surface area contributed by atoms with Crippen LogP contribution in [0.2, 0.25) is 0 Å². The molecule has 0 aliphatic heterocycles. The SMILES string of the molecule is COC(=O)/C=C\C(=O)NCCC(=O)N[C@H](C(=O)C[C@@H](C)C(=O)Nc1ccc(COC(=O)Oc2ccc(C)cc2)cc1)C(C)C. The number of methoxy groups -OCH3 is 1. The maximum absolute atomic E-state index is 13.0. The van der Waals surface area contributed by atoms with Crippen molar-refractivity contribution in [2.45, 2.75) is 53.2 Å².